The van der Waals surface area contributed by atoms with Crippen molar-refractivity contribution < 1.29 is 21.9 Å². The molecule has 10 heteroatoms. The molecule has 0 aliphatic heterocycles. The number of benzene rings is 1. The van der Waals surface area contributed by atoms with Crippen LogP contribution in [0.15, 0.2) is 28.6 Å². The third kappa shape index (κ3) is 4.34. The van der Waals surface area contributed by atoms with E-state index in [1.165, 1.54) is 6.07 Å². The van der Waals surface area contributed by atoms with E-state index in [4.69, 9.17) is 9.88 Å². The molecule has 1 heterocycles. The number of sulfonamides is 1. The SMILES string of the molecule is NS(=O)(=O)c1cnc(NCCOc2ccc(F)cc2F)s1. The molecule has 0 aliphatic carbocycles. The zero-order chi connectivity index (χ0) is 15.5. The molecule has 2 aromatic rings. The minimum absolute atomic E-state index is 0.0597. The van der Waals surface area contributed by atoms with Crippen molar-refractivity contribution in [2.24, 2.45) is 5.14 Å². The summed E-state index contributed by atoms with van der Waals surface area (Å²) in [5, 5.41) is 8.10. The van der Waals surface area contributed by atoms with Crippen LogP contribution < -0.4 is 15.2 Å². The third-order valence-corrected chi connectivity index (χ3v) is 4.66. The van der Waals surface area contributed by atoms with Gasteiger partial charge in [-0.25, -0.2) is 27.3 Å². The molecule has 2 rings (SSSR count). The number of rotatable bonds is 6. The second-order valence-electron chi connectivity index (χ2n) is 3.88. The number of hydrogen-bond donors (Lipinski definition) is 2. The van der Waals surface area contributed by atoms with E-state index in [9.17, 15) is 17.2 Å². The first-order valence-corrected chi connectivity index (χ1v) is 8.03. The van der Waals surface area contributed by atoms with Crippen LogP contribution in [0.5, 0.6) is 5.75 Å². The van der Waals surface area contributed by atoms with Crippen molar-refractivity contribution in [3.05, 3.63) is 36.0 Å². The van der Waals surface area contributed by atoms with Gasteiger partial charge in [0.15, 0.2) is 20.9 Å². The lowest BCUT2D eigenvalue weighted by molar-refractivity contribution is 0.314. The Morgan fingerprint density at radius 3 is 2.76 bits per heavy atom. The van der Waals surface area contributed by atoms with E-state index in [0.29, 0.717) is 5.13 Å². The summed E-state index contributed by atoms with van der Waals surface area (Å²) in [6, 6.07) is 3.00. The van der Waals surface area contributed by atoms with Crippen molar-refractivity contribution in [1.29, 1.82) is 0 Å². The fourth-order valence-corrected chi connectivity index (χ4v) is 2.86. The van der Waals surface area contributed by atoms with Crippen molar-refractivity contribution in [2.45, 2.75) is 4.21 Å². The minimum Gasteiger partial charge on any atom is -0.489 e. The van der Waals surface area contributed by atoms with Crippen LogP contribution in [0, 0.1) is 11.6 Å². The lowest BCUT2D eigenvalue weighted by Gasteiger charge is -2.07. The summed E-state index contributed by atoms with van der Waals surface area (Å²) in [6.45, 7) is 0.348. The lowest BCUT2D eigenvalue weighted by atomic mass is 10.3. The van der Waals surface area contributed by atoms with Crippen LogP contribution in [0.3, 0.4) is 0 Å². The zero-order valence-corrected chi connectivity index (χ0v) is 12.2. The maximum atomic E-state index is 13.3. The first kappa shape index (κ1) is 15.6. The number of hydrogen-bond acceptors (Lipinski definition) is 6. The van der Waals surface area contributed by atoms with Crippen LogP contribution in [0.2, 0.25) is 0 Å². The summed E-state index contributed by atoms with van der Waals surface area (Å²) in [4.78, 5) is 3.83. The van der Waals surface area contributed by atoms with E-state index < -0.39 is 21.7 Å². The van der Waals surface area contributed by atoms with Crippen LogP contribution in [0.25, 0.3) is 0 Å². The molecule has 0 atom stereocenters. The molecule has 0 saturated heterocycles. The normalized spacial score (nSPS) is 11.4. The summed E-state index contributed by atoms with van der Waals surface area (Å²) in [5.41, 5.74) is 0. The highest BCUT2D eigenvalue weighted by Crippen LogP contribution is 2.21. The second kappa shape index (κ2) is 6.33. The fourth-order valence-electron chi connectivity index (χ4n) is 1.38. The number of primary sulfonamides is 1. The van der Waals surface area contributed by atoms with Gasteiger partial charge in [-0.1, -0.05) is 11.3 Å². The molecule has 21 heavy (non-hydrogen) atoms. The fraction of sp³-hybridized carbons (Fsp3) is 0.182. The van der Waals surface area contributed by atoms with E-state index in [1.807, 2.05) is 0 Å². The Morgan fingerprint density at radius 1 is 1.38 bits per heavy atom. The Hall–Kier alpha value is -1.78. The van der Waals surface area contributed by atoms with Crippen molar-refractivity contribution in [2.75, 3.05) is 18.5 Å². The van der Waals surface area contributed by atoms with E-state index in [-0.39, 0.29) is 23.1 Å². The summed E-state index contributed by atoms with van der Waals surface area (Å²) in [6.07, 6.45) is 1.14. The first-order chi connectivity index (χ1) is 9.86. The van der Waals surface area contributed by atoms with E-state index in [1.54, 1.807) is 0 Å². The van der Waals surface area contributed by atoms with Crippen molar-refractivity contribution in [3.63, 3.8) is 0 Å². The van der Waals surface area contributed by atoms with Crippen LogP contribution in [0.1, 0.15) is 0 Å². The average molecular weight is 335 g/mol. The number of thiazole rings is 1. The van der Waals surface area contributed by atoms with Crippen molar-refractivity contribution in [1.82, 2.24) is 4.98 Å². The summed E-state index contributed by atoms with van der Waals surface area (Å²) >= 11 is 0.877. The number of aromatic nitrogens is 1. The summed E-state index contributed by atoms with van der Waals surface area (Å²) in [7, 11) is -3.77. The molecule has 0 bridgehead atoms. The third-order valence-electron chi connectivity index (χ3n) is 2.29. The molecule has 6 nitrogen and oxygen atoms in total. The highest BCUT2D eigenvalue weighted by atomic mass is 32.2. The first-order valence-electron chi connectivity index (χ1n) is 5.66. The quantitative estimate of drug-likeness (QED) is 0.781. The second-order valence-corrected chi connectivity index (χ2v) is 6.70. The van der Waals surface area contributed by atoms with Crippen LogP contribution >= 0.6 is 11.3 Å². The highest BCUT2D eigenvalue weighted by Gasteiger charge is 2.12. The predicted molar refractivity (Wildman–Crippen MR) is 73.8 cm³/mol. The largest absolute Gasteiger partial charge is 0.489 e. The molecular formula is C11H11F2N3O3S2. The van der Waals surface area contributed by atoms with Crippen LogP contribution in [-0.4, -0.2) is 26.6 Å². The Labute approximate surface area is 123 Å². The van der Waals surface area contributed by atoms with Gasteiger partial charge in [0, 0.05) is 6.07 Å². The van der Waals surface area contributed by atoms with E-state index in [2.05, 4.69) is 10.3 Å². The molecule has 0 aliphatic rings. The molecule has 114 valence electrons. The van der Waals surface area contributed by atoms with Gasteiger partial charge in [0.05, 0.1) is 12.7 Å². The number of nitrogens with zero attached hydrogens (tertiary/aromatic N) is 1. The standard InChI is InChI=1S/C11H11F2N3O3S2/c12-7-1-2-9(8(13)5-7)19-4-3-15-11-16-6-10(20-11)21(14,17)18/h1-2,5-6H,3-4H2,(H,15,16)(H2,14,17,18). The Morgan fingerprint density at radius 2 is 2.14 bits per heavy atom. The van der Waals surface area contributed by atoms with Gasteiger partial charge < -0.3 is 10.1 Å². The zero-order valence-electron chi connectivity index (χ0n) is 10.5. The maximum absolute atomic E-state index is 13.3. The smallest absolute Gasteiger partial charge is 0.249 e. The molecule has 3 N–H and O–H groups in total. The minimum atomic E-state index is -3.77. The molecule has 1 aromatic carbocycles. The Balaban J connectivity index is 1.83. The molecular weight excluding hydrogens is 324 g/mol. The van der Waals surface area contributed by atoms with Crippen LogP contribution in [0.4, 0.5) is 13.9 Å². The summed E-state index contributed by atoms with van der Waals surface area (Å²) < 4.78 is 53.1. The van der Waals surface area contributed by atoms with Crippen molar-refractivity contribution >= 4 is 26.5 Å². The van der Waals surface area contributed by atoms with Gasteiger partial charge in [0.2, 0.25) is 10.0 Å². The predicted octanol–water partition coefficient (Wildman–Crippen LogP) is 1.56. The molecule has 0 fully saturated rings. The highest BCUT2D eigenvalue weighted by molar-refractivity contribution is 7.91. The monoisotopic (exact) mass is 335 g/mol. The van der Waals surface area contributed by atoms with Gasteiger partial charge >= 0.3 is 0 Å². The molecule has 0 spiro atoms. The maximum Gasteiger partial charge on any atom is 0.249 e. The number of anilines is 1. The summed E-state index contributed by atoms with van der Waals surface area (Å²) in [5.74, 6) is -1.54. The van der Waals surface area contributed by atoms with Gasteiger partial charge in [0.1, 0.15) is 12.4 Å². The van der Waals surface area contributed by atoms with Gasteiger partial charge in [-0.3, -0.25) is 0 Å². The number of halogens is 2. The number of nitrogens with one attached hydrogen (secondary N) is 1. The lowest BCUT2D eigenvalue weighted by Crippen LogP contribution is -2.12. The topological polar surface area (TPSA) is 94.3 Å². The number of nitrogens with two attached hydrogens (primary N) is 1. The molecule has 0 saturated carbocycles. The van der Waals surface area contributed by atoms with Gasteiger partial charge in [-0.15, -0.1) is 0 Å². The molecule has 1 aromatic heterocycles. The van der Waals surface area contributed by atoms with Gasteiger partial charge in [-0.2, -0.15) is 0 Å². The van der Waals surface area contributed by atoms with Gasteiger partial charge in [-0.05, 0) is 12.1 Å². The van der Waals surface area contributed by atoms with Crippen molar-refractivity contribution in [3.8, 4) is 5.75 Å². The molecule has 0 radical (unpaired) electrons. The number of ether oxygens (including phenoxy) is 1. The Bertz CT molecular complexity index is 734. The van der Waals surface area contributed by atoms with E-state index >= 15 is 0 Å². The van der Waals surface area contributed by atoms with Crippen LogP contribution in [-0.2, 0) is 10.0 Å². The average Bonchev–Trinajstić information content (AvgIpc) is 2.85. The molecule has 0 unspecified atom stereocenters. The molecule has 0 amide bonds. The van der Waals surface area contributed by atoms with E-state index in [0.717, 1.165) is 29.7 Å². The van der Waals surface area contributed by atoms with Gasteiger partial charge in [0.25, 0.3) is 0 Å². The Kier molecular flexibility index (Phi) is 4.70.